The third-order valence-electron chi connectivity index (χ3n) is 12.0. The van der Waals surface area contributed by atoms with Crippen LogP contribution in [0.4, 0.5) is 0 Å². The summed E-state index contributed by atoms with van der Waals surface area (Å²) < 4.78 is 3.61. The topological polar surface area (TPSA) is 208 Å². The molecule has 6 N–H and O–H groups in total. The second-order valence-corrected chi connectivity index (χ2v) is 17.7. The number of nitrogens with zero attached hydrogens (tertiary/aromatic N) is 8. The Labute approximate surface area is 376 Å². The smallest absolute Gasteiger partial charge is 0.167 e. The second-order valence-electron chi connectivity index (χ2n) is 17.7. The van der Waals surface area contributed by atoms with Crippen LogP contribution in [-0.2, 0) is 25.9 Å². The Morgan fingerprint density at radius 1 is 0.547 bits per heavy atom. The maximum Gasteiger partial charge on any atom is 0.167 e. The van der Waals surface area contributed by atoms with Crippen LogP contribution in [0.1, 0.15) is 150 Å². The van der Waals surface area contributed by atoms with E-state index in [2.05, 4.69) is 44.5 Å². The van der Waals surface area contributed by atoms with E-state index in [4.69, 9.17) is 0 Å². The highest BCUT2D eigenvalue weighted by Crippen LogP contribution is 2.54. The molecule has 2 aromatic heterocycles. The number of hydrogen-bond donors (Lipinski definition) is 6. The highest BCUT2D eigenvalue weighted by Gasteiger charge is 2.29. The molecule has 6 rings (SSSR count). The molecule has 0 unspecified atom stereocenters. The molecule has 0 saturated carbocycles. The van der Waals surface area contributed by atoms with Gasteiger partial charge in [-0.15, -0.1) is 10.2 Å². The first-order valence-corrected chi connectivity index (χ1v) is 23.0. The molecule has 0 spiro atoms. The Morgan fingerprint density at radius 3 is 1.30 bits per heavy atom. The van der Waals surface area contributed by atoms with Gasteiger partial charge in [-0.3, -0.25) is 19.3 Å². The fourth-order valence-electron chi connectivity index (χ4n) is 8.82. The summed E-state index contributed by atoms with van der Waals surface area (Å²) in [6.45, 7) is 17.5. The van der Waals surface area contributed by atoms with Gasteiger partial charge in [0.2, 0.25) is 0 Å². The molecule has 0 saturated heterocycles. The predicted octanol–water partition coefficient (Wildman–Crippen LogP) is 10.4. The van der Waals surface area contributed by atoms with Crippen LogP contribution in [-0.4, -0.2) is 86.1 Å². The number of phenols is 6. The monoisotopic (exact) mass is 875 g/mol. The lowest BCUT2D eigenvalue weighted by atomic mass is 9.83. The van der Waals surface area contributed by atoms with Crippen LogP contribution in [0.25, 0.3) is 32.7 Å². The maximum absolute atomic E-state index is 12.5. The number of benzene rings is 4. The number of aromatic hydroxyl groups is 6. The molecule has 0 aliphatic heterocycles. The highest BCUT2D eigenvalue weighted by atomic mass is 16.3. The van der Waals surface area contributed by atoms with Crippen LogP contribution in [0.3, 0.4) is 0 Å². The molecular formula is C50H66N8O6. The van der Waals surface area contributed by atoms with Gasteiger partial charge in [-0.1, -0.05) is 89.8 Å². The average molecular weight is 875 g/mol. The second kappa shape index (κ2) is 21.0. The van der Waals surface area contributed by atoms with Crippen molar-refractivity contribution in [3.8, 4) is 45.6 Å². The maximum atomic E-state index is 12.5. The fourth-order valence-corrected chi connectivity index (χ4v) is 8.82. The summed E-state index contributed by atoms with van der Waals surface area (Å²) >= 11 is 0. The van der Waals surface area contributed by atoms with Gasteiger partial charge < -0.3 is 30.6 Å². The quantitative estimate of drug-likeness (QED) is 0.0229. The number of phenolic OH excluding ortho intramolecular Hbond substituents is 6. The van der Waals surface area contributed by atoms with Crippen LogP contribution in [0.5, 0.6) is 34.5 Å². The van der Waals surface area contributed by atoms with Gasteiger partial charge in [0.1, 0.15) is 11.5 Å². The van der Waals surface area contributed by atoms with Gasteiger partial charge in [0, 0.05) is 95.2 Å². The molecule has 64 heavy (non-hydrogen) atoms. The van der Waals surface area contributed by atoms with Gasteiger partial charge in [0.25, 0.3) is 0 Å². The van der Waals surface area contributed by atoms with Crippen molar-refractivity contribution in [2.75, 3.05) is 13.1 Å². The zero-order chi connectivity index (χ0) is 46.2. The molecule has 2 heterocycles. The van der Waals surface area contributed by atoms with E-state index in [0.29, 0.717) is 83.2 Å². The van der Waals surface area contributed by atoms with Crippen molar-refractivity contribution in [1.82, 2.24) is 30.0 Å². The Kier molecular flexibility index (Phi) is 15.5. The van der Waals surface area contributed by atoms with Gasteiger partial charge in [-0.2, -0.15) is 0 Å². The molecule has 0 atom stereocenters. The van der Waals surface area contributed by atoms with Crippen LogP contribution in [0.2, 0.25) is 0 Å². The van der Waals surface area contributed by atoms with Crippen molar-refractivity contribution in [1.29, 1.82) is 0 Å². The van der Waals surface area contributed by atoms with E-state index in [1.54, 1.807) is 9.36 Å². The molecule has 14 heteroatoms. The number of hydrogen-bond acceptors (Lipinski definition) is 12. The third kappa shape index (κ3) is 9.95. The zero-order valence-electron chi connectivity index (χ0n) is 38.8. The molecule has 14 nitrogen and oxygen atoms in total. The third-order valence-corrected chi connectivity index (χ3v) is 12.0. The summed E-state index contributed by atoms with van der Waals surface area (Å²) in [7, 11) is 0. The lowest BCUT2D eigenvalue weighted by Crippen LogP contribution is -2.02. The van der Waals surface area contributed by atoms with Crippen molar-refractivity contribution in [3.63, 3.8) is 0 Å². The van der Waals surface area contributed by atoms with Crippen molar-refractivity contribution in [3.05, 3.63) is 69.3 Å². The van der Waals surface area contributed by atoms with E-state index in [1.165, 1.54) is 12.4 Å². The van der Waals surface area contributed by atoms with Gasteiger partial charge in [-0.25, -0.2) is 0 Å². The van der Waals surface area contributed by atoms with E-state index >= 15 is 0 Å². The zero-order valence-corrected chi connectivity index (χ0v) is 38.8. The number of unbranched alkanes of at least 4 members (excludes halogenated alkanes) is 4. The van der Waals surface area contributed by atoms with Crippen LogP contribution in [0.15, 0.2) is 34.5 Å². The number of aryl methyl sites for hydroxylation is 6. The van der Waals surface area contributed by atoms with Gasteiger partial charge >= 0.3 is 0 Å². The summed E-state index contributed by atoms with van der Waals surface area (Å²) in [6, 6.07) is 3.70. The number of aliphatic imine (C=N–C) groups is 2. The normalized spacial score (nSPS) is 12.2. The van der Waals surface area contributed by atoms with E-state index in [1.807, 2.05) is 66.1 Å². The fraction of sp³-hybridized carbons (Fsp3) is 0.480. The van der Waals surface area contributed by atoms with Gasteiger partial charge in [-0.05, 0) is 86.1 Å². The van der Waals surface area contributed by atoms with Crippen molar-refractivity contribution < 1.29 is 30.6 Å². The number of fused-ring (bicyclic) bond motifs is 2. The first kappa shape index (κ1) is 47.3. The van der Waals surface area contributed by atoms with Gasteiger partial charge in [0.05, 0.1) is 11.4 Å². The molecule has 0 aliphatic rings. The summed E-state index contributed by atoms with van der Waals surface area (Å²) in [5, 5.41) is 89.6. The minimum absolute atomic E-state index is 0.142. The standard InChI is InChI=1S/C50H66N8O6/c1-9-11-13-17-33-27-57(55-53-33)21-15-19-51-25-37-43-35(39(29(3)4)49(63)45(37)59)23-31(7)41(47(43)61)42-32(8)24-36-40(30(5)6)50(64)46(60)38(44(36)48(42)62)26-52-20-16-22-58-28-34(54-56-58)18-14-12-10-2/h23-30,59-64H,9-22H2,1-8H3. The average Bonchev–Trinajstić information content (AvgIpc) is 3.90. The minimum atomic E-state index is -0.408. The molecule has 0 radical (unpaired) electrons. The molecule has 0 fully saturated rings. The summed E-state index contributed by atoms with van der Waals surface area (Å²) in [5.41, 5.74) is 4.96. The van der Waals surface area contributed by atoms with Gasteiger partial charge in [0.15, 0.2) is 23.0 Å². The van der Waals surface area contributed by atoms with E-state index in [-0.39, 0.29) is 56.7 Å². The van der Waals surface area contributed by atoms with Crippen LogP contribution >= 0.6 is 0 Å². The highest BCUT2D eigenvalue weighted by molar-refractivity contribution is 6.15. The molecule has 0 bridgehead atoms. The Morgan fingerprint density at radius 2 is 0.938 bits per heavy atom. The number of aromatic nitrogens is 6. The predicted molar refractivity (Wildman–Crippen MR) is 255 cm³/mol. The first-order chi connectivity index (χ1) is 30.7. The summed E-state index contributed by atoms with van der Waals surface area (Å²) in [6.07, 6.45) is 16.7. The first-order valence-electron chi connectivity index (χ1n) is 23.0. The largest absolute Gasteiger partial charge is 0.507 e. The molecule has 4 aromatic carbocycles. The van der Waals surface area contributed by atoms with E-state index in [9.17, 15) is 30.6 Å². The van der Waals surface area contributed by atoms with Crippen molar-refractivity contribution in [2.24, 2.45) is 9.98 Å². The van der Waals surface area contributed by atoms with E-state index < -0.39 is 11.5 Å². The molecule has 0 aliphatic carbocycles. The molecule has 0 amide bonds. The minimum Gasteiger partial charge on any atom is -0.507 e. The summed E-state index contributed by atoms with van der Waals surface area (Å²) in [5.74, 6) is -2.28. The van der Waals surface area contributed by atoms with E-state index in [0.717, 1.165) is 62.8 Å². The van der Waals surface area contributed by atoms with Crippen molar-refractivity contribution >= 4 is 34.0 Å². The molecular weight excluding hydrogens is 809 g/mol. The Balaban J connectivity index is 1.40. The lowest BCUT2D eigenvalue weighted by Gasteiger charge is -2.23. The lowest BCUT2D eigenvalue weighted by molar-refractivity contribution is 0.398. The SMILES string of the molecule is CCCCCc1cn(CCCN=Cc2c(O)c(O)c(C(C)C)c3cc(C)c(-c4c(C)cc5c(C(C)C)c(O)c(O)c(C=NCCCn6cc(CCCCC)nn6)c5c4O)c(O)c23)nn1. The Hall–Kier alpha value is -6.18. The van der Waals surface area contributed by atoms with Crippen LogP contribution < -0.4 is 0 Å². The van der Waals surface area contributed by atoms with Crippen LogP contribution in [0, 0.1) is 13.8 Å². The molecule has 6 aromatic rings. The number of rotatable bonds is 21. The van der Waals surface area contributed by atoms with Crippen molar-refractivity contribution in [2.45, 2.75) is 145 Å². The Bertz CT molecular complexity index is 2480. The summed E-state index contributed by atoms with van der Waals surface area (Å²) in [4.78, 5) is 9.26. The molecule has 342 valence electrons.